The van der Waals surface area contributed by atoms with Gasteiger partial charge in [0.15, 0.2) is 6.61 Å². The Morgan fingerprint density at radius 1 is 1.15 bits per heavy atom. The molecule has 3 rings (SSSR count). The molecule has 1 heterocycles. The van der Waals surface area contributed by atoms with Gasteiger partial charge in [0.05, 0.1) is 0 Å². The normalized spacial score (nSPS) is 10.4. The van der Waals surface area contributed by atoms with E-state index < -0.39 is 5.91 Å². The van der Waals surface area contributed by atoms with Crippen LogP contribution in [0, 0.1) is 0 Å². The minimum Gasteiger partial charge on any atom is -0.484 e. The highest BCUT2D eigenvalue weighted by Crippen LogP contribution is 2.23. The van der Waals surface area contributed by atoms with Crippen LogP contribution in [0.4, 0.5) is 5.69 Å². The van der Waals surface area contributed by atoms with E-state index in [2.05, 4.69) is 15.5 Å². The van der Waals surface area contributed by atoms with E-state index >= 15 is 0 Å². The molecule has 138 valence electrons. The van der Waals surface area contributed by atoms with Crippen molar-refractivity contribution in [2.75, 3.05) is 11.9 Å². The number of rotatable bonds is 7. The Balaban J connectivity index is 1.58. The van der Waals surface area contributed by atoms with Gasteiger partial charge in [0, 0.05) is 23.2 Å². The van der Waals surface area contributed by atoms with Crippen LogP contribution in [0.3, 0.4) is 0 Å². The van der Waals surface area contributed by atoms with E-state index in [0.717, 1.165) is 0 Å². The molecule has 2 amide bonds. The number of nitrogens with two attached hydrogens (primary N) is 1. The molecule has 0 aliphatic rings. The third-order valence-corrected chi connectivity index (χ3v) is 3.67. The number of amides is 2. The molecular weight excluding hydrogens is 348 g/mol. The average Bonchev–Trinajstić information content (AvgIpc) is 3.16. The molecule has 3 aromatic rings. The van der Waals surface area contributed by atoms with Crippen LogP contribution >= 0.6 is 0 Å². The standard InChI is InChI=1S/C19H18N4O4/c1-2-17-22-23-19(27-17)13-4-3-5-15(10-13)26-11-16(24)21-14-8-6-12(7-9-14)18(20)25/h3-10H,2,11H2,1H3,(H2,20,25)(H,21,24). The average molecular weight is 366 g/mol. The van der Waals surface area contributed by atoms with E-state index in [1.807, 2.05) is 13.0 Å². The molecule has 0 unspecified atom stereocenters. The minimum atomic E-state index is -0.525. The van der Waals surface area contributed by atoms with Gasteiger partial charge >= 0.3 is 0 Å². The molecule has 3 N–H and O–H groups in total. The van der Waals surface area contributed by atoms with Crippen molar-refractivity contribution >= 4 is 17.5 Å². The van der Waals surface area contributed by atoms with Crippen molar-refractivity contribution < 1.29 is 18.7 Å². The van der Waals surface area contributed by atoms with Crippen molar-refractivity contribution in [3.05, 3.63) is 60.0 Å². The smallest absolute Gasteiger partial charge is 0.262 e. The number of hydrogen-bond acceptors (Lipinski definition) is 6. The molecule has 8 heteroatoms. The van der Waals surface area contributed by atoms with Gasteiger partial charge < -0.3 is 20.2 Å². The number of aromatic nitrogens is 2. The summed E-state index contributed by atoms with van der Waals surface area (Å²) in [6.45, 7) is 1.75. The number of hydrogen-bond donors (Lipinski definition) is 2. The lowest BCUT2D eigenvalue weighted by atomic mass is 10.2. The highest BCUT2D eigenvalue weighted by Gasteiger charge is 2.10. The van der Waals surface area contributed by atoms with Gasteiger partial charge in [-0.1, -0.05) is 13.0 Å². The van der Waals surface area contributed by atoms with E-state index in [1.165, 1.54) is 12.1 Å². The van der Waals surface area contributed by atoms with Gasteiger partial charge in [-0.2, -0.15) is 0 Å². The summed E-state index contributed by atoms with van der Waals surface area (Å²) in [5, 5.41) is 10.6. The first-order chi connectivity index (χ1) is 13.0. The lowest BCUT2D eigenvalue weighted by Gasteiger charge is -2.08. The first kappa shape index (κ1) is 18.1. The molecule has 1 aromatic heterocycles. The molecule has 27 heavy (non-hydrogen) atoms. The molecule has 0 bridgehead atoms. The Hall–Kier alpha value is -3.68. The fourth-order valence-corrected chi connectivity index (χ4v) is 2.30. The predicted octanol–water partition coefficient (Wildman–Crippen LogP) is 2.42. The molecule has 0 fully saturated rings. The Labute approximate surface area is 155 Å². The number of anilines is 1. The minimum absolute atomic E-state index is 0.176. The molecule has 0 spiro atoms. The monoisotopic (exact) mass is 366 g/mol. The third kappa shape index (κ3) is 4.69. The number of nitrogens with zero attached hydrogens (tertiary/aromatic N) is 2. The molecule has 0 atom stereocenters. The number of ether oxygens (including phenoxy) is 1. The van der Waals surface area contributed by atoms with Crippen LogP contribution < -0.4 is 15.8 Å². The molecular formula is C19H18N4O4. The van der Waals surface area contributed by atoms with Crippen molar-refractivity contribution in [2.24, 2.45) is 5.73 Å². The number of carbonyl (C=O) groups excluding carboxylic acids is 2. The summed E-state index contributed by atoms with van der Waals surface area (Å²) in [6, 6.07) is 13.3. The van der Waals surface area contributed by atoms with Gasteiger partial charge in [-0.25, -0.2) is 0 Å². The fraction of sp³-hybridized carbons (Fsp3) is 0.158. The molecule has 0 aliphatic carbocycles. The van der Waals surface area contributed by atoms with E-state index in [9.17, 15) is 9.59 Å². The summed E-state index contributed by atoms with van der Waals surface area (Å²) >= 11 is 0. The zero-order chi connectivity index (χ0) is 19.2. The van der Waals surface area contributed by atoms with Crippen LogP contribution in [0.2, 0.25) is 0 Å². The summed E-state index contributed by atoms with van der Waals surface area (Å²) in [4.78, 5) is 23.1. The van der Waals surface area contributed by atoms with Gasteiger partial charge in [0.2, 0.25) is 17.7 Å². The van der Waals surface area contributed by atoms with E-state index in [0.29, 0.717) is 40.8 Å². The summed E-state index contributed by atoms with van der Waals surface area (Å²) in [7, 11) is 0. The molecule has 2 aromatic carbocycles. The Morgan fingerprint density at radius 3 is 2.59 bits per heavy atom. The van der Waals surface area contributed by atoms with Gasteiger partial charge in [-0.05, 0) is 42.5 Å². The molecule has 0 saturated heterocycles. The lowest BCUT2D eigenvalue weighted by Crippen LogP contribution is -2.20. The first-order valence-electron chi connectivity index (χ1n) is 8.30. The second-order valence-corrected chi connectivity index (χ2v) is 5.66. The van der Waals surface area contributed by atoms with Gasteiger partial charge in [-0.3, -0.25) is 9.59 Å². The predicted molar refractivity (Wildman–Crippen MR) is 98.2 cm³/mol. The summed E-state index contributed by atoms with van der Waals surface area (Å²) in [5.41, 5.74) is 6.80. The maximum Gasteiger partial charge on any atom is 0.262 e. The van der Waals surface area contributed by atoms with E-state index in [-0.39, 0.29) is 12.5 Å². The van der Waals surface area contributed by atoms with Crippen LogP contribution in [0.25, 0.3) is 11.5 Å². The van der Waals surface area contributed by atoms with Crippen molar-refractivity contribution in [3.8, 4) is 17.2 Å². The number of benzene rings is 2. The number of aryl methyl sites for hydroxylation is 1. The van der Waals surface area contributed by atoms with Crippen molar-refractivity contribution in [1.82, 2.24) is 10.2 Å². The fourth-order valence-electron chi connectivity index (χ4n) is 2.30. The van der Waals surface area contributed by atoms with Crippen LogP contribution in [-0.2, 0) is 11.2 Å². The number of primary amides is 1. The second-order valence-electron chi connectivity index (χ2n) is 5.66. The quantitative estimate of drug-likeness (QED) is 0.662. The van der Waals surface area contributed by atoms with Crippen LogP contribution in [0.15, 0.2) is 52.9 Å². The topological polar surface area (TPSA) is 120 Å². The lowest BCUT2D eigenvalue weighted by molar-refractivity contribution is -0.118. The van der Waals surface area contributed by atoms with Crippen molar-refractivity contribution in [3.63, 3.8) is 0 Å². The van der Waals surface area contributed by atoms with Crippen LogP contribution in [-0.4, -0.2) is 28.6 Å². The molecule has 0 saturated carbocycles. The molecule has 0 aliphatic heterocycles. The number of nitrogens with one attached hydrogen (secondary N) is 1. The zero-order valence-electron chi connectivity index (χ0n) is 14.6. The first-order valence-corrected chi connectivity index (χ1v) is 8.30. The van der Waals surface area contributed by atoms with Crippen LogP contribution in [0.5, 0.6) is 5.75 Å². The summed E-state index contributed by atoms with van der Waals surface area (Å²) in [5.74, 6) is 0.596. The van der Waals surface area contributed by atoms with Crippen molar-refractivity contribution in [2.45, 2.75) is 13.3 Å². The second kappa shape index (κ2) is 8.13. The Kier molecular flexibility index (Phi) is 5.46. The third-order valence-electron chi connectivity index (χ3n) is 3.67. The van der Waals surface area contributed by atoms with E-state index in [4.69, 9.17) is 14.9 Å². The zero-order valence-corrected chi connectivity index (χ0v) is 14.6. The SMILES string of the molecule is CCc1nnc(-c2cccc(OCC(=O)Nc3ccc(C(N)=O)cc3)c2)o1. The Bertz CT molecular complexity index is 950. The molecule has 0 radical (unpaired) electrons. The Morgan fingerprint density at radius 2 is 1.93 bits per heavy atom. The highest BCUT2D eigenvalue weighted by atomic mass is 16.5. The maximum atomic E-state index is 12.0. The largest absolute Gasteiger partial charge is 0.484 e. The van der Waals surface area contributed by atoms with Gasteiger partial charge in [-0.15, -0.1) is 10.2 Å². The molecule has 8 nitrogen and oxygen atoms in total. The maximum absolute atomic E-state index is 12.0. The van der Waals surface area contributed by atoms with Gasteiger partial charge in [0.1, 0.15) is 5.75 Å². The van der Waals surface area contributed by atoms with Crippen LogP contribution in [0.1, 0.15) is 23.2 Å². The summed E-state index contributed by atoms with van der Waals surface area (Å²) in [6.07, 6.45) is 0.657. The van der Waals surface area contributed by atoms with Gasteiger partial charge in [0.25, 0.3) is 5.91 Å². The van der Waals surface area contributed by atoms with Crippen molar-refractivity contribution in [1.29, 1.82) is 0 Å². The summed E-state index contributed by atoms with van der Waals surface area (Å²) < 4.78 is 11.0. The highest BCUT2D eigenvalue weighted by molar-refractivity contribution is 5.95. The number of carbonyl (C=O) groups is 2. The van der Waals surface area contributed by atoms with E-state index in [1.54, 1.807) is 30.3 Å².